The van der Waals surface area contributed by atoms with Crippen molar-refractivity contribution >= 4 is 29.6 Å². The van der Waals surface area contributed by atoms with E-state index in [9.17, 15) is 0 Å². The minimum atomic E-state index is -1.72. The molecule has 0 saturated carbocycles. The van der Waals surface area contributed by atoms with Crippen molar-refractivity contribution in [3.8, 4) is 23.8 Å². The van der Waals surface area contributed by atoms with E-state index < -0.39 is 19.3 Å². The van der Waals surface area contributed by atoms with Gasteiger partial charge in [0.2, 0.25) is 0 Å². The first-order valence-electron chi connectivity index (χ1n) is 11.5. The molecule has 0 bridgehead atoms. The van der Waals surface area contributed by atoms with Crippen molar-refractivity contribution in [1.29, 1.82) is 0 Å². The van der Waals surface area contributed by atoms with Gasteiger partial charge in [-0.25, -0.2) is 0 Å². The molecule has 0 saturated heterocycles. The summed E-state index contributed by atoms with van der Waals surface area (Å²) in [5.41, 5.74) is 5.29. The molecule has 0 spiro atoms. The summed E-state index contributed by atoms with van der Waals surface area (Å²) in [5.74, 6) is 6.64. The standard InChI is InChI=1S/C31H28O2Si/c1-7-30(32-2)26-18-22-12-8-10-14-24(22)20-28(26)31(33-3,16-17-34(4,5)6)29-21-25-15-11-9-13-23(25)19-27(29)30/h1,8-15,18-21H,2-6H3. The molecule has 0 radical (unpaired) electrons. The van der Waals surface area contributed by atoms with Crippen molar-refractivity contribution in [1.82, 2.24) is 0 Å². The van der Waals surface area contributed by atoms with Crippen molar-refractivity contribution < 1.29 is 9.47 Å². The van der Waals surface area contributed by atoms with Crippen LogP contribution in [0.1, 0.15) is 22.3 Å². The monoisotopic (exact) mass is 460 g/mol. The summed E-state index contributed by atoms with van der Waals surface area (Å²) in [4.78, 5) is 0. The van der Waals surface area contributed by atoms with E-state index in [2.05, 4.69) is 85.6 Å². The largest absolute Gasteiger partial charge is 0.357 e. The van der Waals surface area contributed by atoms with Crippen molar-refractivity contribution in [2.75, 3.05) is 14.2 Å². The molecule has 0 N–H and O–H groups in total. The Labute approximate surface area is 202 Å². The van der Waals surface area contributed by atoms with E-state index in [1.165, 1.54) is 0 Å². The van der Waals surface area contributed by atoms with Gasteiger partial charge in [-0.15, -0.1) is 12.0 Å². The van der Waals surface area contributed by atoms with Gasteiger partial charge in [0.1, 0.15) is 8.07 Å². The van der Waals surface area contributed by atoms with Crippen molar-refractivity contribution in [2.24, 2.45) is 0 Å². The fraction of sp³-hybridized carbons (Fsp3) is 0.226. The third-order valence-corrected chi connectivity index (χ3v) is 7.59. The maximum absolute atomic E-state index is 6.43. The molecule has 0 unspecified atom stereocenters. The molecule has 4 aromatic rings. The summed E-state index contributed by atoms with van der Waals surface area (Å²) >= 11 is 0. The molecule has 5 rings (SSSR count). The van der Waals surface area contributed by atoms with Gasteiger partial charge < -0.3 is 9.47 Å². The van der Waals surface area contributed by atoms with Crippen LogP contribution >= 0.6 is 0 Å². The Kier molecular flexibility index (Phi) is 5.19. The zero-order valence-corrected chi connectivity index (χ0v) is 21.3. The Balaban J connectivity index is 2.01. The normalized spacial score (nSPS) is 21.3. The van der Waals surface area contributed by atoms with Gasteiger partial charge in [0.15, 0.2) is 11.2 Å². The first kappa shape index (κ1) is 22.4. The summed E-state index contributed by atoms with van der Waals surface area (Å²) in [6, 6.07) is 25.3. The zero-order chi connectivity index (χ0) is 24.1. The number of hydrogen-bond acceptors (Lipinski definition) is 2. The first-order chi connectivity index (χ1) is 16.3. The maximum Gasteiger partial charge on any atom is 0.179 e. The van der Waals surface area contributed by atoms with E-state index in [1.54, 1.807) is 14.2 Å². The van der Waals surface area contributed by atoms with Gasteiger partial charge in [0.05, 0.1) is 0 Å². The second-order valence-electron chi connectivity index (χ2n) is 9.90. The highest BCUT2D eigenvalue weighted by molar-refractivity contribution is 6.83. The Hall–Kier alpha value is -3.34. The topological polar surface area (TPSA) is 18.5 Å². The summed E-state index contributed by atoms with van der Waals surface area (Å²) < 4.78 is 12.7. The molecule has 2 nitrogen and oxygen atoms in total. The number of ether oxygens (including phenoxy) is 2. The molecule has 4 aromatic carbocycles. The lowest BCUT2D eigenvalue weighted by molar-refractivity contribution is 0.0334. The van der Waals surface area contributed by atoms with Gasteiger partial charge in [0.25, 0.3) is 0 Å². The van der Waals surface area contributed by atoms with E-state index >= 15 is 0 Å². The quantitative estimate of drug-likeness (QED) is 0.248. The van der Waals surface area contributed by atoms with Gasteiger partial charge in [-0.2, -0.15) is 0 Å². The average molecular weight is 461 g/mol. The second kappa shape index (κ2) is 7.86. The van der Waals surface area contributed by atoms with E-state index in [4.69, 9.17) is 15.9 Å². The zero-order valence-electron chi connectivity index (χ0n) is 20.3. The van der Waals surface area contributed by atoms with Crippen LogP contribution in [0.15, 0.2) is 72.8 Å². The second-order valence-corrected chi connectivity index (χ2v) is 14.7. The van der Waals surface area contributed by atoms with E-state index in [0.29, 0.717) is 0 Å². The molecule has 0 aromatic heterocycles. The molecule has 168 valence electrons. The Morgan fingerprint density at radius 2 is 1.00 bits per heavy atom. The molecule has 0 aliphatic heterocycles. The van der Waals surface area contributed by atoms with Crippen LogP contribution in [0.5, 0.6) is 0 Å². The predicted octanol–water partition coefficient (Wildman–Crippen LogP) is 6.60. The number of fused-ring (bicyclic) bond motifs is 4. The highest BCUT2D eigenvalue weighted by atomic mass is 28.3. The third kappa shape index (κ3) is 3.21. The van der Waals surface area contributed by atoms with E-state index in [1.807, 2.05) is 24.3 Å². The first-order valence-corrected chi connectivity index (χ1v) is 15.0. The van der Waals surface area contributed by atoms with Gasteiger partial charge in [-0.3, -0.25) is 0 Å². The summed E-state index contributed by atoms with van der Waals surface area (Å²) in [6.07, 6.45) is 6.29. The minimum Gasteiger partial charge on any atom is -0.357 e. The van der Waals surface area contributed by atoms with E-state index in [0.717, 1.165) is 43.8 Å². The third-order valence-electron chi connectivity index (χ3n) is 6.72. The predicted molar refractivity (Wildman–Crippen MR) is 143 cm³/mol. The Morgan fingerprint density at radius 3 is 1.29 bits per heavy atom. The summed E-state index contributed by atoms with van der Waals surface area (Å²) in [7, 11) is 1.71. The molecule has 0 heterocycles. The lowest BCUT2D eigenvalue weighted by Crippen LogP contribution is -2.44. The minimum absolute atomic E-state index is 0.908. The van der Waals surface area contributed by atoms with Crippen LogP contribution in [0.4, 0.5) is 0 Å². The van der Waals surface area contributed by atoms with Crippen molar-refractivity contribution in [2.45, 2.75) is 30.8 Å². The van der Waals surface area contributed by atoms with Crippen LogP contribution in [-0.4, -0.2) is 22.3 Å². The summed E-state index contributed by atoms with van der Waals surface area (Å²) in [5, 5.41) is 4.43. The SMILES string of the molecule is C#CC1(OC)c2cc3ccccc3cc2C(C#C[Si](C)(C)C)(OC)c2cc3ccccc3cc21. The molecule has 3 heteroatoms. The van der Waals surface area contributed by atoms with Gasteiger partial charge >= 0.3 is 0 Å². The van der Waals surface area contributed by atoms with Crippen LogP contribution in [-0.2, 0) is 20.7 Å². The van der Waals surface area contributed by atoms with Crippen molar-refractivity contribution in [3.05, 3.63) is 95.1 Å². The van der Waals surface area contributed by atoms with Gasteiger partial charge in [-0.05, 0) is 45.8 Å². The van der Waals surface area contributed by atoms with Crippen LogP contribution in [0.3, 0.4) is 0 Å². The Bertz CT molecular complexity index is 1450. The molecule has 1 aliphatic carbocycles. The fourth-order valence-electron chi connectivity index (χ4n) is 5.05. The number of terminal acetylenes is 1. The van der Waals surface area contributed by atoms with Crippen LogP contribution in [0.2, 0.25) is 19.6 Å². The maximum atomic E-state index is 6.43. The highest BCUT2D eigenvalue weighted by Gasteiger charge is 2.51. The van der Waals surface area contributed by atoms with Crippen LogP contribution < -0.4 is 0 Å². The molecule has 0 atom stereocenters. The Morgan fingerprint density at radius 1 is 0.647 bits per heavy atom. The lowest BCUT2D eigenvalue weighted by atomic mass is 9.66. The molecular formula is C31H28O2Si. The fourth-order valence-corrected chi connectivity index (χ4v) is 5.60. The molecule has 1 aliphatic rings. The molecular weight excluding hydrogens is 432 g/mol. The van der Waals surface area contributed by atoms with Crippen LogP contribution in [0.25, 0.3) is 21.5 Å². The van der Waals surface area contributed by atoms with Gasteiger partial charge in [-0.1, -0.05) is 80.0 Å². The number of methoxy groups -OCH3 is 2. The number of benzene rings is 4. The average Bonchev–Trinajstić information content (AvgIpc) is 2.84. The summed E-state index contributed by atoms with van der Waals surface area (Å²) in [6.45, 7) is 6.74. The molecule has 0 fully saturated rings. The lowest BCUT2D eigenvalue weighted by Gasteiger charge is -2.44. The highest BCUT2D eigenvalue weighted by Crippen LogP contribution is 2.52. The smallest absolute Gasteiger partial charge is 0.179 e. The number of rotatable bonds is 2. The molecule has 0 amide bonds. The van der Waals surface area contributed by atoms with Crippen LogP contribution in [0, 0.1) is 23.8 Å². The van der Waals surface area contributed by atoms with Crippen molar-refractivity contribution in [3.63, 3.8) is 0 Å². The molecule has 34 heavy (non-hydrogen) atoms. The van der Waals surface area contributed by atoms with E-state index in [-0.39, 0.29) is 0 Å². The van der Waals surface area contributed by atoms with Gasteiger partial charge in [0, 0.05) is 36.5 Å². The number of hydrogen-bond donors (Lipinski definition) is 0.